The van der Waals surface area contributed by atoms with Gasteiger partial charge >= 0.3 is 5.97 Å². The van der Waals surface area contributed by atoms with Crippen molar-refractivity contribution in [2.45, 2.75) is 33.4 Å². The Hall–Kier alpha value is -3.86. The molecule has 0 bridgehead atoms. The van der Waals surface area contributed by atoms with Gasteiger partial charge in [-0.25, -0.2) is 9.79 Å². The summed E-state index contributed by atoms with van der Waals surface area (Å²) in [6, 6.07) is 17.7. The van der Waals surface area contributed by atoms with Crippen molar-refractivity contribution in [3.05, 3.63) is 118 Å². The summed E-state index contributed by atoms with van der Waals surface area (Å²) in [6.45, 7) is 6.43. The molecule has 0 fully saturated rings. The molecule has 0 aliphatic carbocycles. The minimum absolute atomic E-state index is 0.200. The van der Waals surface area contributed by atoms with Crippen LogP contribution in [0.1, 0.15) is 43.5 Å². The molecule has 5 rings (SSSR count). The van der Waals surface area contributed by atoms with Crippen LogP contribution in [0.5, 0.6) is 17.2 Å². The predicted molar refractivity (Wildman–Crippen MR) is 174 cm³/mol. The Balaban J connectivity index is 1.56. The van der Waals surface area contributed by atoms with Crippen LogP contribution in [0, 0.1) is 0 Å². The smallest absolute Gasteiger partial charge is 0.338 e. The zero-order valence-electron chi connectivity index (χ0n) is 24.6. The van der Waals surface area contributed by atoms with E-state index in [-0.39, 0.29) is 12.2 Å². The molecular formula is C33H30BrClN2O6S. The van der Waals surface area contributed by atoms with Gasteiger partial charge in [0.05, 0.1) is 46.6 Å². The Morgan fingerprint density at radius 1 is 1.09 bits per heavy atom. The molecule has 8 nitrogen and oxygen atoms in total. The molecule has 1 aromatic heterocycles. The van der Waals surface area contributed by atoms with Crippen LogP contribution in [-0.2, 0) is 16.1 Å². The zero-order chi connectivity index (χ0) is 31.4. The maximum Gasteiger partial charge on any atom is 0.338 e. The van der Waals surface area contributed by atoms with Crippen LogP contribution in [-0.4, -0.2) is 30.9 Å². The minimum atomic E-state index is -0.716. The predicted octanol–water partition coefficient (Wildman–Crippen LogP) is 6.20. The number of methoxy groups -OCH3 is 1. The molecule has 0 spiro atoms. The molecule has 2 heterocycles. The number of ether oxygens (including phenoxy) is 4. The molecule has 1 aliphatic heterocycles. The fraction of sp³-hybridized carbons (Fsp3) is 0.242. The first-order valence-electron chi connectivity index (χ1n) is 13.9. The first-order chi connectivity index (χ1) is 21.2. The number of thiazole rings is 1. The molecule has 0 saturated heterocycles. The molecule has 1 aliphatic rings. The largest absolute Gasteiger partial charge is 0.494 e. The number of aromatic nitrogens is 1. The molecule has 44 heavy (non-hydrogen) atoms. The van der Waals surface area contributed by atoms with Crippen molar-refractivity contribution in [2.75, 3.05) is 20.3 Å². The van der Waals surface area contributed by atoms with Gasteiger partial charge in [-0.05, 0) is 95.9 Å². The van der Waals surface area contributed by atoms with E-state index in [1.165, 1.54) is 11.3 Å². The Morgan fingerprint density at radius 3 is 2.55 bits per heavy atom. The van der Waals surface area contributed by atoms with E-state index in [0.717, 1.165) is 11.1 Å². The van der Waals surface area contributed by atoms with Crippen molar-refractivity contribution in [3.8, 4) is 17.2 Å². The van der Waals surface area contributed by atoms with E-state index in [2.05, 4.69) is 20.9 Å². The van der Waals surface area contributed by atoms with Crippen LogP contribution >= 0.6 is 38.9 Å². The van der Waals surface area contributed by atoms with Crippen molar-refractivity contribution in [2.24, 2.45) is 4.99 Å². The van der Waals surface area contributed by atoms with Gasteiger partial charge in [-0.1, -0.05) is 47.2 Å². The van der Waals surface area contributed by atoms with Gasteiger partial charge in [-0.15, -0.1) is 0 Å². The molecule has 0 amide bonds. The minimum Gasteiger partial charge on any atom is -0.494 e. The molecule has 1 atom stereocenters. The van der Waals surface area contributed by atoms with Gasteiger partial charge in [-0.2, -0.15) is 0 Å². The van der Waals surface area contributed by atoms with Gasteiger partial charge in [0.15, 0.2) is 16.3 Å². The van der Waals surface area contributed by atoms with Gasteiger partial charge in [-0.3, -0.25) is 9.36 Å². The van der Waals surface area contributed by atoms with Crippen LogP contribution in [0.15, 0.2) is 86.2 Å². The van der Waals surface area contributed by atoms with Gasteiger partial charge in [0.2, 0.25) is 0 Å². The maximum atomic E-state index is 14.0. The van der Waals surface area contributed by atoms with Crippen molar-refractivity contribution < 1.29 is 23.7 Å². The third-order valence-electron chi connectivity index (χ3n) is 6.85. The van der Waals surface area contributed by atoms with Crippen molar-refractivity contribution >= 4 is 50.9 Å². The summed E-state index contributed by atoms with van der Waals surface area (Å²) in [5, 5.41) is 0.628. The van der Waals surface area contributed by atoms with E-state index in [9.17, 15) is 9.59 Å². The first-order valence-corrected chi connectivity index (χ1v) is 15.9. The van der Waals surface area contributed by atoms with E-state index in [1.54, 1.807) is 43.7 Å². The standard InChI is InChI=1S/C33H30BrClN2O6S/c1-5-41-24-12-10-22(11-13-24)29-28(32(39)42-6-2)19(3)36-33-37(29)31(38)27(44-33)17-21-15-25(34)30(26(16-21)40-4)43-18-20-8-7-9-23(35)14-20/h7-17,29H,5-6,18H2,1-4H3/b27-17-/t29-/m0/s1. The third-order valence-corrected chi connectivity index (χ3v) is 8.65. The number of esters is 1. The molecule has 0 unspecified atom stereocenters. The number of hydrogen-bond acceptors (Lipinski definition) is 8. The highest BCUT2D eigenvalue weighted by Gasteiger charge is 2.33. The Morgan fingerprint density at radius 2 is 1.86 bits per heavy atom. The number of carbonyl (C=O) groups excluding carboxylic acids is 1. The molecule has 11 heteroatoms. The van der Waals surface area contributed by atoms with Gasteiger partial charge < -0.3 is 18.9 Å². The molecule has 0 N–H and O–H groups in total. The summed E-state index contributed by atoms with van der Waals surface area (Å²) < 4.78 is 25.4. The summed E-state index contributed by atoms with van der Waals surface area (Å²) >= 11 is 11.0. The SMILES string of the molecule is CCOC(=O)C1=C(C)N=c2s/c(=C\c3cc(Br)c(OCc4cccc(Cl)c4)c(OC)c3)c(=O)n2[C@H]1c1ccc(OCC)cc1. The Kier molecular flexibility index (Phi) is 9.93. The number of rotatable bonds is 10. The van der Waals surface area contributed by atoms with Crippen LogP contribution in [0.4, 0.5) is 0 Å². The number of allylic oxidation sites excluding steroid dienone is 1. The summed E-state index contributed by atoms with van der Waals surface area (Å²) in [7, 11) is 1.56. The summed E-state index contributed by atoms with van der Waals surface area (Å²) in [5.41, 5.74) is 2.91. The number of nitrogens with zero attached hydrogens (tertiary/aromatic N) is 2. The van der Waals surface area contributed by atoms with Crippen LogP contribution in [0.3, 0.4) is 0 Å². The zero-order valence-corrected chi connectivity index (χ0v) is 27.7. The number of carbonyl (C=O) groups is 1. The lowest BCUT2D eigenvalue weighted by atomic mass is 9.96. The second-order valence-electron chi connectivity index (χ2n) is 9.76. The average molecular weight is 698 g/mol. The highest BCUT2D eigenvalue weighted by molar-refractivity contribution is 9.10. The fourth-order valence-corrected chi connectivity index (χ4v) is 6.75. The van der Waals surface area contributed by atoms with E-state index < -0.39 is 12.0 Å². The topological polar surface area (TPSA) is 88.4 Å². The first kappa shape index (κ1) is 31.6. The molecule has 4 aromatic rings. The normalized spacial score (nSPS) is 14.6. The second-order valence-corrected chi connectivity index (χ2v) is 12.1. The van der Waals surface area contributed by atoms with Gasteiger partial charge in [0, 0.05) is 5.02 Å². The van der Waals surface area contributed by atoms with E-state index in [0.29, 0.717) is 66.1 Å². The van der Waals surface area contributed by atoms with Gasteiger partial charge in [0.25, 0.3) is 5.56 Å². The maximum absolute atomic E-state index is 14.0. The summed E-state index contributed by atoms with van der Waals surface area (Å²) in [5.74, 6) is 1.20. The average Bonchev–Trinajstić information content (AvgIpc) is 3.30. The Bertz CT molecular complexity index is 1920. The third kappa shape index (κ3) is 6.62. The molecular weight excluding hydrogens is 668 g/mol. The quantitative estimate of drug-likeness (QED) is 0.184. The molecule has 228 valence electrons. The van der Waals surface area contributed by atoms with E-state index in [4.69, 9.17) is 30.5 Å². The summed E-state index contributed by atoms with van der Waals surface area (Å²) in [6.07, 6.45) is 1.77. The Labute approximate surface area is 272 Å². The lowest BCUT2D eigenvalue weighted by Gasteiger charge is -2.24. The van der Waals surface area contributed by atoms with Crippen LogP contribution in [0.2, 0.25) is 5.02 Å². The fourth-order valence-electron chi connectivity index (χ4n) is 4.92. The van der Waals surface area contributed by atoms with E-state index in [1.807, 2.05) is 55.5 Å². The van der Waals surface area contributed by atoms with Crippen LogP contribution < -0.4 is 29.1 Å². The van der Waals surface area contributed by atoms with Crippen molar-refractivity contribution in [1.82, 2.24) is 4.57 Å². The van der Waals surface area contributed by atoms with Crippen LogP contribution in [0.25, 0.3) is 6.08 Å². The molecule has 3 aromatic carbocycles. The van der Waals surface area contributed by atoms with Crippen molar-refractivity contribution in [3.63, 3.8) is 0 Å². The number of hydrogen-bond donors (Lipinski definition) is 0. The van der Waals surface area contributed by atoms with Crippen molar-refractivity contribution in [1.29, 1.82) is 0 Å². The molecule has 0 saturated carbocycles. The highest BCUT2D eigenvalue weighted by Crippen LogP contribution is 2.38. The lowest BCUT2D eigenvalue weighted by Crippen LogP contribution is -2.39. The van der Waals surface area contributed by atoms with Gasteiger partial charge in [0.1, 0.15) is 12.4 Å². The monoisotopic (exact) mass is 696 g/mol. The number of fused-ring (bicyclic) bond motifs is 1. The lowest BCUT2D eigenvalue weighted by molar-refractivity contribution is -0.139. The van der Waals surface area contributed by atoms with E-state index >= 15 is 0 Å². The summed E-state index contributed by atoms with van der Waals surface area (Å²) in [4.78, 5) is 32.3. The number of benzene rings is 3. The molecule has 0 radical (unpaired) electrons. The highest BCUT2D eigenvalue weighted by atomic mass is 79.9. The number of halogens is 2. The second kappa shape index (κ2) is 13.8.